The molecule has 10 aromatic rings. The van der Waals surface area contributed by atoms with E-state index in [9.17, 15) is 8.78 Å². The highest BCUT2D eigenvalue weighted by atomic mass is 19.1. The van der Waals surface area contributed by atoms with E-state index in [2.05, 4.69) is 56.3 Å². The third-order valence-electron chi connectivity index (χ3n) is 10.5. The lowest BCUT2D eigenvalue weighted by Crippen LogP contribution is -2.02. The second-order valence-corrected chi connectivity index (χ2v) is 13.9. The number of nitrogens with one attached hydrogen (secondary N) is 2. The Morgan fingerprint density at radius 2 is 0.946 bits per heavy atom. The predicted octanol–water partition coefficient (Wildman–Crippen LogP) is 9.81. The molecule has 276 valence electrons. The van der Waals surface area contributed by atoms with Crippen LogP contribution in [-0.4, -0.2) is 39.5 Å². The van der Waals surface area contributed by atoms with Crippen molar-refractivity contribution >= 4 is 55.2 Å². The van der Waals surface area contributed by atoms with Crippen molar-refractivity contribution in [2.45, 2.75) is 27.7 Å². The molecular formula is C44H36F2N10. The van der Waals surface area contributed by atoms with E-state index in [-0.39, 0.29) is 11.6 Å². The fourth-order valence-electron chi connectivity index (χ4n) is 8.02. The molecule has 6 heterocycles. The van der Waals surface area contributed by atoms with E-state index in [1.807, 2.05) is 71.8 Å². The molecule has 12 heteroatoms. The highest BCUT2D eigenvalue weighted by Crippen LogP contribution is 2.42. The summed E-state index contributed by atoms with van der Waals surface area (Å²) in [6.45, 7) is 8.13. The van der Waals surface area contributed by atoms with Crippen molar-refractivity contribution < 1.29 is 8.78 Å². The molecular weight excluding hydrogens is 707 g/mol. The number of hydrogen-bond acceptors (Lipinski definition) is 6. The van der Waals surface area contributed by atoms with Gasteiger partial charge in [-0.3, -0.25) is 19.3 Å². The summed E-state index contributed by atoms with van der Waals surface area (Å²) >= 11 is 0. The Balaban J connectivity index is 0.000000146. The van der Waals surface area contributed by atoms with Crippen LogP contribution < -0.4 is 11.5 Å². The number of aromatic nitrogens is 8. The lowest BCUT2D eigenvalue weighted by Gasteiger charge is -2.11. The van der Waals surface area contributed by atoms with Gasteiger partial charge in [0.25, 0.3) is 0 Å². The van der Waals surface area contributed by atoms with E-state index in [0.717, 1.165) is 77.3 Å². The van der Waals surface area contributed by atoms with E-state index >= 15 is 0 Å². The minimum absolute atomic E-state index is 0.379. The zero-order chi connectivity index (χ0) is 38.8. The number of pyridine rings is 2. The van der Waals surface area contributed by atoms with Gasteiger partial charge in [-0.2, -0.15) is 10.2 Å². The Kier molecular flexibility index (Phi) is 8.12. The highest BCUT2D eigenvalue weighted by molar-refractivity contribution is 6.08. The number of aromatic amines is 2. The number of aryl methyl sites for hydroxylation is 2. The molecule has 0 saturated carbocycles. The predicted molar refractivity (Wildman–Crippen MR) is 220 cm³/mol. The molecule has 0 bridgehead atoms. The molecule has 0 aliphatic carbocycles. The molecule has 0 saturated heterocycles. The number of nitrogens with two attached hydrogens (primary N) is 2. The van der Waals surface area contributed by atoms with Crippen LogP contribution in [0.1, 0.15) is 22.5 Å². The molecule has 0 aliphatic heterocycles. The molecule has 4 aromatic carbocycles. The summed E-state index contributed by atoms with van der Waals surface area (Å²) in [5.41, 5.74) is 24.8. The molecule has 0 atom stereocenters. The first-order valence-electron chi connectivity index (χ1n) is 18.0. The van der Waals surface area contributed by atoms with Crippen LogP contribution in [0.5, 0.6) is 0 Å². The van der Waals surface area contributed by atoms with Crippen LogP contribution in [0.4, 0.5) is 20.2 Å². The normalized spacial score (nSPS) is 11.5. The van der Waals surface area contributed by atoms with Gasteiger partial charge in [-0.25, -0.2) is 18.7 Å². The molecule has 0 fully saturated rings. The minimum Gasteiger partial charge on any atom is -0.399 e. The molecule has 0 amide bonds. The lowest BCUT2D eigenvalue weighted by atomic mass is 9.95. The van der Waals surface area contributed by atoms with Gasteiger partial charge >= 0.3 is 0 Å². The number of H-pyrrole nitrogens is 2. The second kappa shape index (κ2) is 13.2. The van der Waals surface area contributed by atoms with Crippen LogP contribution in [-0.2, 0) is 0 Å². The number of hydrogen-bond donors (Lipinski definition) is 4. The van der Waals surface area contributed by atoms with E-state index in [4.69, 9.17) is 11.5 Å². The number of halogens is 2. The standard InChI is InChI=1S/2C22H18FN5/c2*1-12-5-7-18-16(11-26-27-18)20(12)21-13(2)28(22-15(21)4-3-9-25-22)19-8-6-14(24)10-17(19)23/h2*3-11H,24H2,1-2H3,(H,26,27). The van der Waals surface area contributed by atoms with Crippen LogP contribution in [0.2, 0.25) is 0 Å². The summed E-state index contributed by atoms with van der Waals surface area (Å²) < 4.78 is 33.3. The van der Waals surface area contributed by atoms with Crippen molar-refractivity contribution in [2.24, 2.45) is 0 Å². The molecule has 10 rings (SSSR count). The maximum absolute atomic E-state index is 14.8. The number of anilines is 2. The Morgan fingerprint density at radius 1 is 0.518 bits per heavy atom. The molecule has 6 N–H and O–H groups in total. The summed E-state index contributed by atoms with van der Waals surface area (Å²) in [5.74, 6) is -0.758. The monoisotopic (exact) mass is 742 g/mol. The van der Waals surface area contributed by atoms with Crippen molar-refractivity contribution in [2.75, 3.05) is 11.5 Å². The SMILES string of the molecule is Cc1ccc2[nH]ncc2c1-c1c(C)n(-c2ccc(N)cc2F)c2ncccc12.Cc1ccc2[nH]ncc2c1-c1c(C)n(-c2ccc(N)cc2F)c2ncccc12. The Labute approximate surface area is 319 Å². The molecule has 6 aromatic heterocycles. The number of fused-ring (bicyclic) bond motifs is 4. The summed E-state index contributed by atoms with van der Waals surface area (Å²) in [7, 11) is 0. The fourth-order valence-corrected chi connectivity index (χ4v) is 8.02. The molecule has 0 radical (unpaired) electrons. The maximum Gasteiger partial charge on any atom is 0.149 e. The van der Waals surface area contributed by atoms with Crippen LogP contribution in [0.3, 0.4) is 0 Å². The van der Waals surface area contributed by atoms with Gasteiger partial charge in [-0.1, -0.05) is 12.1 Å². The third-order valence-corrected chi connectivity index (χ3v) is 10.5. The summed E-state index contributed by atoms with van der Waals surface area (Å²) in [6, 6.07) is 25.5. The van der Waals surface area contributed by atoms with Crippen molar-refractivity contribution in [3.63, 3.8) is 0 Å². The number of rotatable bonds is 4. The fraction of sp³-hybridized carbons (Fsp3) is 0.0909. The Hall–Kier alpha value is -7.34. The average molecular weight is 743 g/mol. The summed E-state index contributed by atoms with van der Waals surface area (Å²) in [4.78, 5) is 9.13. The Morgan fingerprint density at radius 3 is 1.36 bits per heavy atom. The first-order valence-corrected chi connectivity index (χ1v) is 18.0. The minimum atomic E-state index is -0.379. The number of nitrogen functional groups attached to an aromatic ring is 2. The van der Waals surface area contributed by atoms with Gasteiger partial charge < -0.3 is 11.5 Å². The smallest absolute Gasteiger partial charge is 0.149 e. The van der Waals surface area contributed by atoms with Crippen LogP contribution in [0, 0.1) is 39.3 Å². The zero-order valence-electron chi connectivity index (χ0n) is 31.0. The largest absolute Gasteiger partial charge is 0.399 e. The van der Waals surface area contributed by atoms with E-state index in [0.29, 0.717) is 34.0 Å². The van der Waals surface area contributed by atoms with E-state index in [1.54, 1.807) is 36.7 Å². The van der Waals surface area contributed by atoms with Gasteiger partial charge in [-0.05, 0) is 123 Å². The van der Waals surface area contributed by atoms with Crippen LogP contribution in [0.15, 0.2) is 110 Å². The van der Waals surface area contributed by atoms with Crippen molar-refractivity contribution in [1.29, 1.82) is 0 Å². The molecule has 0 unspecified atom stereocenters. The van der Waals surface area contributed by atoms with Gasteiger partial charge in [0.15, 0.2) is 0 Å². The first-order chi connectivity index (χ1) is 27.1. The van der Waals surface area contributed by atoms with Gasteiger partial charge in [0.1, 0.15) is 22.9 Å². The quantitative estimate of drug-likeness (QED) is 0.132. The summed E-state index contributed by atoms with van der Waals surface area (Å²) in [5, 5.41) is 18.5. The van der Waals surface area contributed by atoms with Gasteiger partial charge in [0, 0.05) is 67.8 Å². The molecule has 0 aliphatic rings. The summed E-state index contributed by atoms with van der Waals surface area (Å²) in [6.07, 6.45) is 7.12. The highest BCUT2D eigenvalue weighted by Gasteiger charge is 2.24. The second-order valence-electron chi connectivity index (χ2n) is 13.9. The van der Waals surface area contributed by atoms with Crippen molar-refractivity contribution in [3.8, 4) is 33.6 Å². The topological polar surface area (TPSA) is 145 Å². The van der Waals surface area contributed by atoms with Gasteiger partial charge in [0.2, 0.25) is 0 Å². The lowest BCUT2D eigenvalue weighted by molar-refractivity contribution is 0.618. The zero-order valence-corrected chi connectivity index (χ0v) is 31.0. The van der Waals surface area contributed by atoms with Crippen LogP contribution in [0.25, 0.3) is 77.5 Å². The van der Waals surface area contributed by atoms with Crippen molar-refractivity contribution in [3.05, 3.63) is 144 Å². The van der Waals surface area contributed by atoms with Gasteiger partial charge in [-0.15, -0.1) is 0 Å². The third kappa shape index (κ3) is 5.36. The molecule has 10 nitrogen and oxygen atoms in total. The van der Waals surface area contributed by atoms with E-state index in [1.165, 1.54) is 12.1 Å². The van der Waals surface area contributed by atoms with E-state index < -0.39 is 0 Å². The number of nitrogens with zero attached hydrogens (tertiary/aromatic N) is 6. The van der Waals surface area contributed by atoms with Crippen molar-refractivity contribution in [1.82, 2.24) is 39.5 Å². The average Bonchev–Trinajstić information content (AvgIpc) is 3.97. The number of benzene rings is 4. The van der Waals surface area contributed by atoms with Gasteiger partial charge in [0.05, 0.1) is 34.8 Å². The maximum atomic E-state index is 14.8. The van der Waals surface area contributed by atoms with Crippen LogP contribution >= 0.6 is 0 Å². The molecule has 0 spiro atoms. The molecule has 56 heavy (non-hydrogen) atoms. The first kappa shape index (κ1) is 34.4. The Bertz CT molecular complexity index is 2940.